The number of ether oxygens (including phenoxy) is 1. The minimum absolute atomic E-state index is 0.0883. The molecule has 0 radical (unpaired) electrons. The second-order valence-electron chi connectivity index (χ2n) is 6.28. The van der Waals surface area contributed by atoms with Gasteiger partial charge in [0.15, 0.2) is 0 Å². The summed E-state index contributed by atoms with van der Waals surface area (Å²) in [4.78, 5) is 12.5. The van der Waals surface area contributed by atoms with Gasteiger partial charge in [-0.25, -0.2) is 13.1 Å². The molecule has 0 aliphatic heterocycles. The number of nitrogens with two attached hydrogens (primary N) is 1. The van der Waals surface area contributed by atoms with E-state index in [4.69, 9.17) is 10.5 Å². The Morgan fingerprint density at radius 2 is 1.92 bits per heavy atom. The normalized spacial score (nSPS) is 21.0. The van der Waals surface area contributed by atoms with E-state index < -0.39 is 10.0 Å². The van der Waals surface area contributed by atoms with Gasteiger partial charge in [-0.3, -0.25) is 4.79 Å². The van der Waals surface area contributed by atoms with Gasteiger partial charge in [-0.05, 0) is 49.6 Å². The first-order chi connectivity index (χ1) is 12.0. The molecule has 1 amide bonds. The predicted molar refractivity (Wildman–Crippen MR) is 95.8 cm³/mol. The van der Waals surface area contributed by atoms with E-state index in [0.29, 0.717) is 24.6 Å². The van der Waals surface area contributed by atoms with E-state index in [1.807, 2.05) is 0 Å². The van der Waals surface area contributed by atoms with Crippen LogP contribution in [0.1, 0.15) is 36.0 Å². The van der Waals surface area contributed by atoms with E-state index in [1.165, 1.54) is 31.4 Å². The largest absolute Gasteiger partial charge is 0.383 e. The molecule has 2 unspecified atom stereocenters. The summed E-state index contributed by atoms with van der Waals surface area (Å²) in [5.41, 5.74) is 6.23. The van der Waals surface area contributed by atoms with E-state index in [9.17, 15) is 13.2 Å². The molecule has 1 aliphatic rings. The molecular formula is C17H27N3O4S. The Hall–Kier alpha value is -1.48. The first-order valence-electron chi connectivity index (χ1n) is 8.57. The van der Waals surface area contributed by atoms with Crippen molar-refractivity contribution in [1.29, 1.82) is 0 Å². The number of methoxy groups -OCH3 is 1. The van der Waals surface area contributed by atoms with Crippen LogP contribution < -0.4 is 15.8 Å². The molecule has 1 aromatic rings. The van der Waals surface area contributed by atoms with Gasteiger partial charge < -0.3 is 15.8 Å². The number of carbonyl (C=O) groups is 1. The summed E-state index contributed by atoms with van der Waals surface area (Å²) >= 11 is 0. The Labute approximate surface area is 149 Å². The van der Waals surface area contributed by atoms with Crippen LogP contribution in [0, 0.1) is 5.92 Å². The van der Waals surface area contributed by atoms with Crippen molar-refractivity contribution in [3.63, 3.8) is 0 Å². The standard InChI is InChI=1S/C17H27N3O4S/c1-24-11-10-19-25(22,23)15-8-6-13(7-9-15)17(21)20-16-5-3-2-4-14(16)12-18/h6-9,14,16,19H,2-5,10-12,18H2,1H3,(H,20,21). The van der Waals surface area contributed by atoms with Gasteiger partial charge in [-0.15, -0.1) is 0 Å². The number of amides is 1. The summed E-state index contributed by atoms with van der Waals surface area (Å²) < 4.78 is 31.5. The molecule has 8 heteroatoms. The van der Waals surface area contributed by atoms with Crippen molar-refractivity contribution < 1.29 is 17.9 Å². The van der Waals surface area contributed by atoms with Crippen LogP contribution in [0.3, 0.4) is 0 Å². The summed E-state index contributed by atoms with van der Waals surface area (Å²) in [6.07, 6.45) is 4.21. The van der Waals surface area contributed by atoms with Crippen LogP contribution >= 0.6 is 0 Å². The fraction of sp³-hybridized carbons (Fsp3) is 0.588. The second kappa shape index (κ2) is 9.28. The number of hydrogen-bond donors (Lipinski definition) is 3. The van der Waals surface area contributed by atoms with Crippen LogP contribution in [0.2, 0.25) is 0 Å². The minimum Gasteiger partial charge on any atom is -0.383 e. The minimum atomic E-state index is -3.59. The van der Waals surface area contributed by atoms with Crippen molar-refractivity contribution in [2.45, 2.75) is 36.6 Å². The van der Waals surface area contributed by atoms with Gasteiger partial charge in [-0.2, -0.15) is 0 Å². The number of rotatable bonds is 8. The number of carbonyl (C=O) groups excluding carboxylic acids is 1. The lowest BCUT2D eigenvalue weighted by atomic mass is 9.84. The molecule has 0 bridgehead atoms. The van der Waals surface area contributed by atoms with E-state index in [1.54, 1.807) is 0 Å². The molecular weight excluding hydrogens is 342 g/mol. The maximum absolute atomic E-state index is 12.4. The van der Waals surface area contributed by atoms with E-state index in [0.717, 1.165) is 25.7 Å². The third-order valence-corrected chi connectivity index (χ3v) is 6.03. The molecule has 0 heterocycles. The van der Waals surface area contributed by atoms with Gasteiger partial charge in [0.1, 0.15) is 0 Å². The zero-order valence-electron chi connectivity index (χ0n) is 14.5. The fourth-order valence-electron chi connectivity index (χ4n) is 3.08. The van der Waals surface area contributed by atoms with Crippen molar-refractivity contribution >= 4 is 15.9 Å². The molecule has 2 atom stereocenters. The zero-order valence-corrected chi connectivity index (χ0v) is 15.3. The van der Waals surface area contributed by atoms with E-state index >= 15 is 0 Å². The molecule has 0 saturated heterocycles. The monoisotopic (exact) mass is 369 g/mol. The maximum Gasteiger partial charge on any atom is 0.251 e. The SMILES string of the molecule is COCCNS(=O)(=O)c1ccc(C(=O)NC2CCCCC2CN)cc1. The van der Waals surface area contributed by atoms with Crippen LogP contribution in [0.5, 0.6) is 0 Å². The summed E-state index contributed by atoms with van der Waals surface area (Å²) in [5.74, 6) is 0.115. The highest BCUT2D eigenvalue weighted by molar-refractivity contribution is 7.89. The molecule has 25 heavy (non-hydrogen) atoms. The highest BCUT2D eigenvalue weighted by Gasteiger charge is 2.25. The van der Waals surface area contributed by atoms with Crippen LogP contribution in [-0.2, 0) is 14.8 Å². The van der Waals surface area contributed by atoms with Crippen molar-refractivity contribution in [2.24, 2.45) is 11.7 Å². The lowest BCUT2D eigenvalue weighted by Gasteiger charge is -2.31. The van der Waals surface area contributed by atoms with Crippen LogP contribution in [-0.4, -0.2) is 47.2 Å². The molecule has 140 valence electrons. The smallest absolute Gasteiger partial charge is 0.251 e. The van der Waals surface area contributed by atoms with Crippen LogP contribution in [0.15, 0.2) is 29.2 Å². The van der Waals surface area contributed by atoms with Gasteiger partial charge in [0, 0.05) is 25.3 Å². The topological polar surface area (TPSA) is 111 Å². The highest BCUT2D eigenvalue weighted by Crippen LogP contribution is 2.24. The first-order valence-corrected chi connectivity index (χ1v) is 10.1. The molecule has 1 saturated carbocycles. The van der Waals surface area contributed by atoms with Crippen LogP contribution in [0.4, 0.5) is 0 Å². The molecule has 1 fully saturated rings. The summed E-state index contributed by atoms with van der Waals surface area (Å²) in [7, 11) is -2.09. The summed E-state index contributed by atoms with van der Waals surface area (Å²) in [6.45, 7) is 1.06. The molecule has 0 aromatic heterocycles. The average molecular weight is 369 g/mol. The van der Waals surface area contributed by atoms with Gasteiger partial charge >= 0.3 is 0 Å². The van der Waals surface area contributed by atoms with Gasteiger partial charge in [-0.1, -0.05) is 12.8 Å². The summed E-state index contributed by atoms with van der Waals surface area (Å²) in [6, 6.07) is 6.02. The lowest BCUT2D eigenvalue weighted by molar-refractivity contribution is 0.0908. The maximum atomic E-state index is 12.4. The summed E-state index contributed by atoms with van der Waals surface area (Å²) in [5, 5.41) is 3.04. The quantitative estimate of drug-likeness (QED) is 0.589. The van der Waals surface area contributed by atoms with E-state index in [2.05, 4.69) is 10.0 Å². The lowest BCUT2D eigenvalue weighted by Crippen LogP contribution is -2.44. The Morgan fingerprint density at radius 3 is 2.56 bits per heavy atom. The number of hydrogen-bond acceptors (Lipinski definition) is 5. The Bertz CT molecular complexity index is 661. The van der Waals surface area contributed by atoms with E-state index in [-0.39, 0.29) is 23.4 Å². The predicted octanol–water partition coefficient (Wildman–Crippen LogP) is 0.859. The Kier molecular flexibility index (Phi) is 7.37. The average Bonchev–Trinajstić information content (AvgIpc) is 2.62. The van der Waals surface area contributed by atoms with Crippen molar-refractivity contribution in [3.8, 4) is 0 Å². The molecule has 1 aromatic carbocycles. The number of benzene rings is 1. The third kappa shape index (κ3) is 5.50. The van der Waals surface area contributed by atoms with Crippen molar-refractivity contribution in [1.82, 2.24) is 10.0 Å². The molecule has 2 rings (SSSR count). The molecule has 1 aliphatic carbocycles. The van der Waals surface area contributed by atoms with Gasteiger partial charge in [0.05, 0.1) is 11.5 Å². The van der Waals surface area contributed by atoms with Crippen molar-refractivity contribution in [2.75, 3.05) is 26.8 Å². The van der Waals surface area contributed by atoms with Crippen LogP contribution in [0.25, 0.3) is 0 Å². The Morgan fingerprint density at radius 1 is 1.24 bits per heavy atom. The molecule has 0 spiro atoms. The third-order valence-electron chi connectivity index (χ3n) is 4.55. The first kappa shape index (κ1) is 19.8. The van der Waals surface area contributed by atoms with Crippen molar-refractivity contribution in [3.05, 3.63) is 29.8 Å². The second-order valence-corrected chi connectivity index (χ2v) is 8.04. The molecule has 7 nitrogen and oxygen atoms in total. The Balaban J connectivity index is 2.00. The van der Waals surface area contributed by atoms with Gasteiger partial charge in [0.25, 0.3) is 5.91 Å². The zero-order chi connectivity index (χ0) is 18.3. The molecule has 4 N–H and O–H groups in total. The number of sulfonamides is 1. The number of nitrogens with one attached hydrogen (secondary N) is 2. The highest BCUT2D eigenvalue weighted by atomic mass is 32.2. The fourth-order valence-corrected chi connectivity index (χ4v) is 4.09. The van der Waals surface area contributed by atoms with Gasteiger partial charge in [0.2, 0.25) is 10.0 Å².